The molecule has 1 amide bonds. The monoisotopic (exact) mass is 422 g/mol. The summed E-state index contributed by atoms with van der Waals surface area (Å²) >= 11 is 6.16. The molecule has 2 aromatic carbocycles. The number of carbonyl (C=O) groups is 1. The van der Waals surface area contributed by atoms with Crippen LogP contribution in [0.1, 0.15) is 21.7 Å². The lowest BCUT2D eigenvalue weighted by atomic mass is 10.2. The molecule has 0 aliphatic rings. The number of fused-ring (bicyclic) bond motifs is 1. The second kappa shape index (κ2) is 8.34. The van der Waals surface area contributed by atoms with Crippen LogP contribution in [0.3, 0.4) is 0 Å². The molecule has 2 heterocycles. The summed E-state index contributed by atoms with van der Waals surface area (Å²) < 4.78 is 11.7. The van der Waals surface area contributed by atoms with Crippen LogP contribution in [0.5, 0.6) is 5.75 Å². The third-order valence-corrected chi connectivity index (χ3v) is 4.88. The van der Waals surface area contributed by atoms with Gasteiger partial charge in [0.2, 0.25) is 0 Å². The summed E-state index contributed by atoms with van der Waals surface area (Å²) in [5.41, 5.74) is 13.1. The van der Waals surface area contributed by atoms with Crippen LogP contribution in [-0.4, -0.2) is 10.9 Å². The molecule has 0 aliphatic carbocycles. The number of ether oxygens (including phenoxy) is 1. The van der Waals surface area contributed by atoms with Crippen LogP contribution in [-0.2, 0) is 13.2 Å². The van der Waals surface area contributed by atoms with Crippen LogP contribution in [0.4, 0.5) is 11.6 Å². The highest BCUT2D eigenvalue weighted by Crippen LogP contribution is 2.26. The fourth-order valence-electron chi connectivity index (χ4n) is 2.97. The molecule has 0 aliphatic heterocycles. The Kier molecular flexibility index (Phi) is 5.45. The van der Waals surface area contributed by atoms with Crippen molar-refractivity contribution >= 4 is 40.1 Å². The van der Waals surface area contributed by atoms with Gasteiger partial charge in [-0.2, -0.15) is 0 Å². The van der Waals surface area contributed by atoms with E-state index in [0.717, 1.165) is 10.9 Å². The van der Waals surface area contributed by atoms with E-state index in [1.54, 1.807) is 6.07 Å². The third-order valence-electron chi connectivity index (χ3n) is 4.51. The van der Waals surface area contributed by atoms with Crippen molar-refractivity contribution in [1.82, 2.24) is 10.3 Å². The van der Waals surface area contributed by atoms with Crippen molar-refractivity contribution in [3.63, 3.8) is 0 Å². The Morgan fingerprint density at radius 3 is 2.73 bits per heavy atom. The molecular weight excluding hydrogens is 404 g/mol. The van der Waals surface area contributed by atoms with Crippen LogP contribution in [0, 0.1) is 0 Å². The predicted molar refractivity (Wildman–Crippen MR) is 116 cm³/mol. The number of nitrogens with two attached hydrogens (primary N) is 2. The Bertz CT molecular complexity index is 1220. The summed E-state index contributed by atoms with van der Waals surface area (Å²) in [6.45, 7) is 0.555. The maximum absolute atomic E-state index is 12.3. The van der Waals surface area contributed by atoms with Gasteiger partial charge >= 0.3 is 0 Å². The van der Waals surface area contributed by atoms with Gasteiger partial charge < -0.3 is 25.9 Å². The normalized spacial score (nSPS) is 10.8. The number of pyridine rings is 1. The number of hydrogen-bond acceptors (Lipinski definition) is 6. The van der Waals surface area contributed by atoms with E-state index in [4.69, 9.17) is 32.2 Å². The Hall–Kier alpha value is -3.71. The maximum Gasteiger partial charge on any atom is 0.255 e. The van der Waals surface area contributed by atoms with E-state index in [1.165, 1.54) is 12.1 Å². The van der Waals surface area contributed by atoms with Gasteiger partial charge in [-0.1, -0.05) is 29.8 Å². The van der Waals surface area contributed by atoms with Gasteiger partial charge in [-0.25, -0.2) is 4.98 Å². The van der Waals surface area contributed by atoms with E-state index in [1.807, 2.05) is 42.5 Å². The van der Waals surface area contributed by atoms with E-state index < -0.39 is 0 Å². The molecule has 5 N–H and O–H groups in total. The Morgan fingerprint density at radius 2 is 1.93 bits per heavy atom. The highest BCUT2D eigenvalue weighted by atomic mass is 35.5. The number of furan rings is 1. The Labute approximate surface area is 177 Å². The number of rotatable bonds is 6. The first kappa shape index (κ1) is 19.6. The van der Waals surface area contributed by atoms with Gasteiger partial charge in [0.25, 0.3) is 5.91 Å². The molecule has 4 aromatic rings. The van der Waals surface area contributed by atoms with Gasteiger partial charge in [-0.15, -0.1) is 0 Å². The molecule has 0 spiro atoms. The molecule has 7 nitrogen and oxygen atoms in total. The van der Waals surface area contributed by atoms with E-state index in [2.05, 4.69) is 10.3 Å². The largest absolute Gasteiger partial charge is 0.489 e. The van der Waals surface area contributed by atoms with Gasteiger partial charge in [0.1, 0.15) is 35.3 Å². The highest BCUT2D eigenvalue weighted by molar-refractivity contribution is 6.31. The molecule has 2 aromatic heterocycles. The standard InChI is InChI=1S/C22H19ClN4O3/c23-18-4-2-1-3-14(18)12-29-15-6-5-13-9-16(30-19(13)10-15)11-26-22(28)17-7-8-20(24)27-21(17)25/h1-10H,11-12H2,(H,26,28)(H4,24,25,27). The number of nitrogens with one attached hydrogen (secondary N) is 1. The van der Waals surface area contributed by atoms with Gasteiger partial charge in [0.15, 0.2) is 0 Å². The number of hydrogen-bond donors (Lipinski definition) is 3. The summed E-state index contributed by atoms with van der Waals surface area (Å²) in [5, 5.41) is 4.32. The minimum Gasteiger partial charge on any atom is -0.489 e. The van der Waals surface area contributed by atoms with Crippen LogP contribution >= 0.6 is 11.6 Å². The third kappa shape index (κ3) is 4.31. The summed E-state index contributed by atoms with van der Waals surface area (Å²) in [6.07, 6.45) is 0. The SMILES string of the molecule is Nc1ccc(C(=O)NCc2cc3ccc(OCc4ccccc4Cl)cc3o2)c(N)n1. The van der Waals surface area contributed by atoms with Crippen molar-refractivity contribution in [2.45, 2.75) is 13.2 Å². The van der Waals surface area contributed by atoms with Gasteiger partial charge in [-0.05, 0) is 36.4 Å². The van der Waals surface area contributed by atoms with Crippen LogP contribution in [0.15, 0.2) is 65.1 Å². The van der Waals surface area contributed by atoms with Crippen molar-refractivity contribution < 1.29 is 13.9 Å². The lowest BCUT2D eigenvalue weighted by molar-refractivity contribution is 0.0949. The molecule has 0 saturated heterocycles. The van der Waals surface area contributed by atoms with Crippen LogP contribution in [0.2, 0.25) is 5.02 Å². The lowest BCUT2D eigenvalue weighted by Gasteiger charge is -2.07. The first-order chi connectivity index (χ1) is 14.5. The second-order valence-corrected chi connectivity index (χ2v) is 7.05. The number of anilines is 2. The van der Waals surface area contributed by atoms with Crippen molar-refractivity contribution in [2.75, 3.05) is 11.5 Å². The first-order valence-electron chi connectivity index (χ1n) is 9.18. The lowest BCUT2D eigenvalue weighted by Crippen LogP contribution is -2.24. The number of aromatic nitrogens is 1. The second-order valence-electron chi connectivity index (χ2n) is 6.64. The van der Waals surface area contributed by atoms with Gasteiger partial charge in [0.05, 0.1) is 12.1 Å². The number of halogens is 1. The van der Waals surface area contributed by atoms with Gasteiger partial charge in [-0.3, -0.25) is 4.79 Å². The van der Waals surface area contributed by atoms with E-state index in [0.29, 0.717) is 28.7 Å². The fraction of sp³-hybridized carbons (Fsp3) is 0.0909. The molecular formula is C22H19ClN4O3. The average Bonchev–Trinajstić information content (AvgIpc) is 3.13. The number of carbonyl (C=O) groups excluding carboxylic acids is 1. The summed E-state index contributed by atoms with van der Waals surface area (Å²) in [7, 11) is 0. The zero-order valence-corrected chi connectivity index (χ0v) is 16.6. The maximum atomic E-state index is 12.3. The average molecular weight is 423 g/mol. The Morgan fingerprint density at radius 1 is 1.10 bits per heavy atom. The van der Waals surface area contributed by atoms with Gasteiger partial charge in [0, 0.05) is 22.0 Å². The number of amides is 1. The molecule has 0 unspecified atom stereocenters. The molecule has 30 heavy (non-hydrogen) atoms. The molecule has 0 bridgehead atoms. The van der Waals surface area contributed by atoms with Crippen LogP contribution in [0.25, 0.3) is 11.0 Å². The zero-order valence-electron chi connectivity index (χ0n) is 15.9. The quantitative estimate of drug-likeness (QED) is 0.429. The van der Waals surface area contributed by atoms with Crippen LogP contribution < -0.4 is 21.5 Å². The number of benzene rings is 2. The number of nitrogens with zero attached hydrogens (tertiary/aromatic N) is 1. The minimum absolute atomic E-state index is 0.0809. The molecule has 0 saturated carbocycles. The van der Waals surface area contributed by atoms with Crippen molar-refractivity contribution in [3.05, 3.63) is 82.6 Å². The number of nitrogen functional groups attached to an aromatic ring is 2. The molecule has 4 rings (SSSR count). The van der Waals surface area contributed by atoms with E-state index >= 15 is 0 Å². The zero-order chi connectivity index (χ0) is 21.1. The van der Waals surface area contributed by atoms with E-state index in [-0.39, 0.29) is 29.7 Å². The predicted octanol–water partition coefficient (Wildman–Crippen LogP) is 4.15. The summed E-state index contributed by atoms with van der Waals surface area (Å²) in [5.74, 6) is 1.24. The fourth-order valence-corrected chi connectivity index (χ4v) is 3.16. The molecule has 0 atom stereocenters. The highest BCUT2D eigenvalue weighted by Gasteiger charge is 2.12. The smallest absolute Gasteiger partial charge is 0.255 e. The van der Waals surface area contributed by atoms with Crippen molar-refractivity contribution in [2.24, 2.45) is 0 Å². The molecule has 8 heteroatoms. The summed E-state index contributed by atoms with van der Waals surface area (Å²) in [6, 6.07) is 18.0. The Balaban J connectivity index is 1.42. The van der Waals surface area contributed by atoms with E-state index in [9.17, 15) is 4.79 Å². The van der Waals surface area contributed by atoms with Crippen molar-refractivity contribution in [3.8, 4) is 5.75 Å². The molecule has 152 valence electrons. The summed E-state index contributed by atoms with van der Waals surface area (Å²) in [4.78, 5) is 16.2. The molecule has 0 radical (unpaired) electrons. The molecule has 0 fully saturated rings. The minimum atomic E-state index is -0.357. The first-order valence-corrected chi connectivity index (χ1v) is 9.56. The topological polar surface area (TPSA) is 116 Å². The van der Waals surface area contributed by atoms with Crippen molar-refractivity contribution in [1.29, 1.82) is 0 Å².